The molecular weight excluding hydrogens is 470 g/mol. The Balaban J connectivity index is 0.000000294. The first-order chi connectivity index (χ1) is 17.6. The number of aryl methyl sites for hydroxylation is 2. The third-order valence-electron chi connectivity index (χ3n) is 6.33. The maximum atomic E-state index is 12.5. The summed E-state index contributed by atoms with van der Waals surface area (Å²) < 4.78 is 10.4. The highest BCUT2D eigenvalue weighted by Gasteiger charge is 2.20. The molecule has 1 amide bonds. The van der Waals surface area contributed by atoms with Crippen LogP contribution in [0.4, 0.5) is 0 Å². The zero-order valence-corrected chi connectivity index (χ0v) is 22.3. The number of amides is 1. The number of carboxylic acids is 1. The van der Waals surface area contributed by atoms with E-state index in [-0.39, 0.29) is 18.4 Å². The minimum absolute atomic E-state index is 0.126. The van der Waals surface area contributed by atoms with Gasteiger partial charge < -0.3 is 25.0 Å². The van der Waals surface area contributed by atoms with Crippen molar-refractivity contribution in [3.05, 3.63) is 94.5 Å². The number of hydrogen-bond acceptors (Lipinski definition) is 5. The van der Waals surface area contributed by atoms with Crippen molar-refractivity contribution in [1.82, 2.24) is 5.32 Å². The number of aliphatic hydroxyl groups is 1. The molecule has 0 aliphatic carbocycles. The maximum Gasteiger partial charge on any atom is 0.310 e. The van der Waals surface area contributed by atoms with Crippen molar-refractivity contribution in [3.8, 4) is 11.5 Å². The standard InChI is InChI=1S/C19H23NO3.C11H14O3/c1-13-9-10-16(11-18(13)23-3)14(2)19(22)20-17(12-21)15-7-5-4-6-8-15;1-7-4-5-9(6-10(7)14-3)8(2)11(12)13/h4-11,14,17,21H,12H2,1-3H3,(H,20,22);4-6,8H,1-3H3,(H,12,13)/t14-,17+;8-/m11/s1. The van der Waals surface area contributed by atoms with Crippen LogP contribution in [-0.2, 0) is 9.59 Å². The summed E-state index contributed by atoms with van der Waals surface area (Å²) in [7, 11) is 3.20. The van der Waals surface area contributed by atoms with Crippen LogP contribution in [0.15, 0.2) is 66.7 Å². The van der Waals surface area contributed by atoms with Crippen LogP contribution in [0.25, 0.3) is 0 Å². The van der Waals surface area contributed by atoms with Crippen molar-refractivity contribution in [2.75, 3.05) is 20.8 Å². The predicted octanol–water partition coefficient (Wildman–Crippen LogP) is 5.15. The van der Waals surface area contributed by atoms with Crippen LogP contribution in [0.3, 0.4) is 0 Å². The molecule has 37 heavy (non-hydrogen) atoms. The van der Waals surface area contributed by atoms with Crippen LogP contribution in [-0.4, -0.2) is 42.9 Å². The molecule has 0 unspecified atom stereocenters. The number of rotatable bonds is 9. The summed E-state index contributed by atoms with van der Waals surface area (Å²) in [5.41, 5.74) is 4.57. The molecule has 3 aromatic rings. The highest BCUT2D eigenvalue weighted by Crippen LogP contribution is 2.26. The monoisotopic (exact) mass is 507 g/mol. The molecule has 3 aromatic carbocycles. The Hall–Kier alpha value is -3.84. The highest BCUT2D eigenvalue weighted by molar-refractivity contribution is 5.83. The van der Waals surface area contributed by atoms with Crippen molar-refractivity contribution in [2.24, 2.45) is 0 Å². The Labute approximate surface area is 219 Å². The highest BCUT2D eigenvalue weighted by atomic mass is 16.5. The van der Waals surface area contributed by atoms with Crippen LogP contribution >= 0.6 is 0 Å². The van der Waals surface area contributed by atoms with Gasteiger partial charge in [0.1, 0.15) is 11.5 Å². The predicted molar refractivity (Wildman–Crippen MR) is 144 cm³/mol. The van der Waals surface area contributed by atoms with Crippen molar-refractivity contribution < 1.29 is 29.3 Å². The second kappa shape index (κ2) is 14.0. The van der Waals surface area contributed by atoms with E-state index in [1.165, 1.54) is 0 Å². The lowest BCUT2D eigenvalue weighted by Gasteiger charge is -2.20. The number of carbonyl (C=O) groups is 2. The molecule has 0 saturated heterocycles. The van der Waals surface area contributed by atoms with Crippen LogP contribution in [0.2, 0.25) is 0 Å². The van der Waals surface area contributed by atoms with Gasteiger partial charge in [0.15, 0.2) is 0 Å². The lowest BCUT2D eigenvalue weighted by molar-refractivity contribution is -0.138. The number of methoxy groups -OCH3 is 2. The molecule has 0 radical (unpaired) electrons. The van der Waals surface area contributed by atoms with E-state index in [1.807, 2.05) is 81.4 Å². The molecule has 7 heteroatoms. The SMILES string of the molecule is COc1cc([C@@H](C)C(=O)N[C@@H](CO)c2ccccc2)ccc1C.COc1cc([C@@H](C)C(=O)O)ccc1C. The topological polar surface area (TPSA) is 105 Å². The van der Waals surface area contributed by atoms with E-state index < -0.39 is 17.9 Å². The van der Waals surface area contributed by atoms with Crippen LogP contribution in [0.1, 0.15) is 59.5 Å². The molecule has 0 saturated carbocycles. The number of aliphatic carboxylic acids is 1. The molecule has 3 N–H and O–H groups in total. The molecule has 7 nitrogen and oxygen atoms in total. The summed E-state index contributed by atoms with van der Waals surface area (Å²) in [6.45, 7) is 7.25. The van der Waals surface area contributed by atoms with Gasteiger partial charge in [-0.1, -0.05) is 54.6 Å². The maximum absolute atomic E-state index is 12.5. The number of carbonyl (C=O) groups excluding carboxylic acids is 1. The minimum Gasteiger partial charge on any atom is -0.496 e. The fraction of sp³-hybridized carbons (Fsp3) is 0.333. The Morgan fingerprint density at radius 3 is 1.70 bits per heavy atom. The molecule has 3 rings (SSSR count). The fourth-order valence-corrected chi connectivity index (χ4v) is 3.72. The quantitative estimate of drug-likeness (QED) is 0.370. The second-order valence-electron chi connectivity index (χ2n) is 8.89. The van der Waals surface area contributed by atoms with E-state index in [0.717, 1.165) is 39.3 Å². The van der Waals surface area contributed by atoms with Gasteiger partial charge in [0.2, 0.25) is 5.91 Å². The molecule has 0 aliphatic rings. The number of nitrogens with one attached hydrogen (secondary N) is 1. The summed E-state index contributed by atoms with van der Waals surface area (Å²) >= 11 is 0. The summed E-state index contributed by atoms with van der Waals surface area (Å²) in [4.78, 5) is 23.3. The lowest BCUT2D eigenvalue weighted by atomic mass is 9.97. The van der Waals surface area contributed by atoms with Crippen molar-refractivity contribution in [3.63, 3.8) is 0 Å². The average molecular weight is 508 g/mol. The van der Waals surface area contributed by atoms with Crippen LogP contribution in [0.5, 0.6) is 11.5 Å². The first-order valence-electron chi connectivity index (χ1n) is 12.1. The Kier molecular flexibility index (Phi) is 11.2. The molecule has 0 aromatic heterocycles. The smallest absolute Gasteiger partial charge is 0.310 e. The van der Waals surface area contributed by atoms with E-state index in [1.54, 1.807) is 27.2 Å². The molecule has 3 atom stereocenters. The van der Waals surface area contributed by atoms with Gasteiger partial charge >= 0.3 is 5.97 Å². The van der Waals surface area contributed by atoms with E-state index in [9.17, 15) is 14.7 Å². The summed E-state index contributed by atoms with van der Waals surface area (Å²) in [6, 6.07) is 20.3. The molecule has 0 aliphatic heterocycles. The van der Waals surface area contributed by atoms with Gasteiger partial charge in [-0.3, -0.25) is 9.59 Å². The summed E-state index contributed by atoms with van der Waals surface area (Å²) in [6.07, 6.45) is 0. The largest absolute Gasteiger partial charge is 0.496 e. The molecule has 198 valence electrons. The lowest BCUT2D eigenvalue weighted by Crippen LogP contribution is -2.33. The summed E-state index contributed by atoms with van der Waals surface area (Å²) in [5.74, 6) is -0.277. The van der Waals surface area contributed by atoms with Gasteiger partial charge in [0.05, 0.1) is 38.7 Å². The zero-order valence-electron chi connectivity index (χ0n) is 22.3. The third-order valence-corrected chi connectivity index (χ3v) is 6.33. The van der Waals surface area contributed by atoms with E-state index in [2.05, 4.69) is 5.32 Å². The third kappa shape index (κ3) is 8.08. The van der Waals surface area contributed by atoms with Gasteiger partial charge in [-0.15, -0.1) is 0 Å². The zero-order chi connectivity index (χ0) is 27.5. The van der Waals surface area contributed by atoms with E-state index >= 15 is 0 Å². The Bertz CT molecular complexity index is 1180. The molecule has 0 spiro atoms. The van der Waals surface area contributed by atoms with Gasteiger partial charge in [0.25, 0.3) is 0 Å². The van der Waals surface area contributed by atoms with Crippen LogP contribution in [0, 0.1) is 13.8 Å². The van der Waals surface area contributed by atoms with Crippen molar-refractivity contribution >= 4 is 11.9 Å². The minimum atomic E-state index is -0.823. The average Bonchev–Trinajstić information content (AvgIpc) is 2.92. The summed E-state index contributed by atoms with van der Waals surface area (Å²) in [5, 5.41) is 21.3. The Morgan fingerprint density at radius 1 is 0.784 bits per heavy atom. The number of carboxylic acid groups (broad SMARTS) is 1. The van der Waals surface area contributed by atoms with Crippen molar-refractivity contribution in [2.45, 2.75) is 45.6 Å². The molecule has 0 bridgehead atoms. The van der Waals surface area contributed by atoms with Gasteiger partial charge in [-0.2, -0.15) is 0 Å². The van der Waals surface area contributed by atoms with Gasteiger partial charge in [0, 0.05) is 0 Å². The normalized spacial score (nSPS) is 12.8. The number of ether oxygens (including phenoxy) is 2. The molecule has 0 fully saturated rings. The van der Waals surface area contributed by atoms with Crippen molar-refractivity contribution in [1.29, 1.82) is 0 Å². The van der Waals surface area contributed by atoms with Crippen LogP contribution < -0.4 is 14.8 Å². The number of hydrogen-bond donors (Lipinski definition) is 3. The van der Waals surface area contributed by atoms with E-state index in [0.29, 0.717) is 0 Å². The number of benzene rings is 3. The Morgan fingerprint density at radius 2 is 1.27 bits per heavy atom. The molecule has 0 heterocycles. The van der Waals surface area contributed by atoms with Gasteiger partial charge in [-0.25, -0.2) is 0 Å². The first kappa shape index (κ1) is 29.4. The second-order valence-corrected chi connectivity index (χ2v) is 8.89. The number of aliphatic hydroxyl groups excluding tert-OH is 1. The fourth-order valence-electron chi connectivity index (χ4n) is 3.72. The van der Waals surface area contributed by atoms with Gasteiger partial charge in [-0.05, 0) is 67.6 Å². The van der Waals surface area contributed by atoms with E-state index in [4.69, 9.17) is 14.6 Å². The molecular formula is C30H37NO6. The first-order valence-corrected chi connectivity index (χ1v) is 12.1.